The maximum Gasteiger partial charge on any atom is 0.316 e. The molecule has 1 saturated carbocycles. The van der Waals surface area contributed by atoms with Gasteiger partial charge in [-0.1, -0.05) is 24.7 Å². The number of ketones is 2. The molecule has 0 aromatic carbocycles. The van der Waals surface area contributed by atoms with Gasteiger partial charge in [-0.15, -0.1) is 0 Å². The van der Waals surface area contributed by atoms with Crippen LogP contribution in [0.5, 0.6) is 0 Å². The fourth-order valence-corrected chi connectivity index (χ4v) is 2.33. The molecule has 0 aliphatic heterocycles. The van der Waals surface area contributed by atoms with E-state index in [0.29, 0.717) is 18.6 Å². The van der Waals surface area contributed by atoms with Gasteiger partial charge in [0.15, 0.2) is 5.78 Å². The third-order valence-corrected chi connectivity index (χ3v) is 3.33. The normalized spacial score (nSPS) is 23.7. The molecule has 2 atom stereocenters. The van der Waals surface area contributed by atoms with E-state index in [0.717, 1.165) is 0 Å². The molecular weight excluding hydrogens is 274 g/mol. The monoisotopic (exact) mass is 295 g/mol. The van der Waals surface area contributed by atoms with Gasteiger partial charge < -0.3 is 9.57 Å². The number of hydrogen-bond acceptors (Lipinski definition) is 6. The second kappa shape index (κ2) is 8.34. The summed E-state index contributed by atoms with van der Waals surface area (Å²) in [6, 6.07) is 0. The first-order chi connectivity index (χ1) is 10.1. The number of carbonyl (C=O) groups excluding carboxylic acids is 3. The zero-order valence-electron chi connectivity index (χ0n) is 12.5. The Morgan fingerprint density at radius 1 is 1.48 bits per heavy atom. The van der Waals surface area contributed by atoms with E-state index < -0.39 is 23.6 Å². The summed E-state index contributed by atoms with van der Waals surface area (Å²) >= 11 is 0. The summed E-state index contributed by atoms with van der Waals surface area (Å²) in [5.41, 5.74) is 0.389. The number of ether oxygens (including phenoxy) is 1. The number of rotatable bonds is 7. The number of Topliss-reactive ketones (excluding diaryl/α,β-unsaturated/α-hetero) is 2. The van der Waals surface area contributed by atoms with Crippen LogP contribution in [-0.4, -0.2) is 37.0 Å². The Labute approximate surface area is 124 Å². The molecule has 1 fully saturated rings. The van der Waals surface area contributed by atoms with E-state index in [1.54, 1.807) is 0 Å². The fourth-order valence-electron chi connectivity index (χ4n) is 2.33. The molecule has 0 aromatic heterocycles. The van der Waals surface area contributed by atoms with Crippen LogP contribution in [-0.2, 0) is 24.0 Å². The predicted octanol–water partition coefficient (Wildman–Crippen LogP) is 1.68. The van der Waals surface area contributed by atoms with Gasteiger partial charge in [0.2, 0.25) is 0 Å². The van der Waals surface area contributed by atoms with Gasteiger partial charge in [0.05, 0.1) is 12.8 Å². The van der Waals surface area contributed by atoms with Gasteiger partial charge in [-0.3, -0.25) is 14.4 Å². The Morgan fingerprint density at radius 3 is 2.76 bits per heavy atom. The molecule has 0 radical (unpaired) electrons. The average molecular weight is 295 g/mol. The molecule has 116 valence electrons. The van der Waals surface area contributed by atoms with E-state index in [1.165, 1.54) is 13.2 Å². The molecule has 1 aliphatic rings. The molecule has 0 heterocycles. The number of carbonyl (C=O) groups is 3. The summed E-state index contributed by atoms with van der Waals surface area (Å²) < 4.78 is 4.63. The van der Waals surface area contributed by atoms with Crippen LogP contribution in [0.2, 0.25) is 0 Å². The number of nitrogens with zero attached hydrogens (tertiary/aromatic N) is 1. The molecule has 0 N–H and O–H groups in total. The lowest BCUT2D eigenvalue weighted by atomic mass is 9.76. The van der Waals surface area contributed by atoms with E-state index >= 15 is 0 Å². The minimum absolute atomic E-state index is 0.201. The van der Waals surface area contributed by atoms with Crippen LogP contribution in [0.15, 0.2) is 17.8 Å². The van der Waals surface area contributed by atoms with Crippen molar-refractivity contribution in [2.45, 2.75) is 32.6 Å². The number of esters is 1. The van der Waals surface area contributed by atoms with Gasteiger partial charge in [0.1, 0.15) is 24.2 Å². The third-order valence-electron chi connectivity index (χ3n) is 3.33. The van der Waals surface area contributed by atoms with E-state index in [2.05, 4.69) is 16.5 Å². The first-order valence-electron chi connectivity index (χ1n) is 7.00. The topological polar surface area (TPSA) is 82.0 Å². The Kier molecular flexibility index (Phi) is 6.78. The zero-order chi connectivity index (χ0) is 15.8. The van der Waals surface area contributed by atoms with Gasteiger partial charge in [-0.05, 0) is 19.3 Å². The molecule has 0 spiro atoms. The van der Waals surface area contributed by atoms with Crippen molar-refractivity contribution >= 4 is 23.2 Å². The molecule has 0 saturated heterocycles. The van der Waals surface area contributed by atoms with Gasteiger partial charge in [0.25, 0.3) is 0 Å². The SMILES string of the molecule is C=CCO/N=C1\CCC(C(=O)OC)C(=O)C1C(=O)CCC. The van der Waals surface area contributed by atoms with Gasteiger partial charge >= 0.3 is 5.97 Å². The van der Waals surface area contributed by atoms with Crippen LogP contribution < -0.4 is 0 Å². The molecule has 1 aliphatic carbocycles. The minimum atomic E-state index is -0.993. The maximum atomic E-state index is 12.4. The molecule has 6 nitrogen and oxygen atoms in total. The highest BCUT2D eigenvalue weighted by atomic mass is 16.6. The second-order valence-electron chi connectivity index (χ2n) is 4.83. The Morgan fingerprint density at radius 2 is 2.19 bits per heavy atom. The van der Waals surface area contributed by atoms with Crippen molar-refractivity contribution in [1.29, 1.82) is 0 Å². The van der Waals surface area contributed by atoms with Crippen LogP contribution in [0, 0.1) is 11.8 Å². The van der Waals surface area contributed by atoms with Gasteiger partial charge in [-0.25, -0.2) is 0 Å². The summed E-state index contributed by atoms with van der Waals surface area (Å²) in [4.78, 5) is 41.2. The van der Waals surface area contributed by atoms with Crippen molar-refractivity contribution in [3.63, 3.8) is 0 Å². The molecule has 2 unspecified atom stereocenters. The van der Waals surface area contributed by atoms with Crippen LogP contribution in [0.3, 0.4) is 0 Å². The summed E-state index contributed by atoms with van der Waals surface area (Å²) in [5.74, 6) is -3.14. The predicted molar refractivity (Wildman–Crippen MR) is 76.7 cm³/mol. The van der Waals surface area contributed by atoms with Crippen molar-refractivity contribution in [1.82, 2.24) is 0 Å². The molecule has 21 heavy (non-hydrogen) atoms. The highest BCUT2D eigenvalue weighted by Crippen LogP contribution is 2.27. The number of hydrogen-bond donors (Lipinski definition) is 0. The van der Waals surface area contributed by atoms with E-state index in [1.807, 2.05) is 6.92 Å². The largest absolute Gasteiger partial charge is 0.468 e. The van der Waals surface area contributed by atoms with Gasteiger partial charge in [0, 0.05) is 6.42 Å². The van der Waals surface area contributed by atoms with Crippen LogP contribution >= 0.6 is 0 Å². The number of oxime groups is 1. The van der Waals surface area contributed by atoms with Crippen molar-refractivity contribution in [2.24, 2.45) is 17.0 Å². The Balaban J connectivity index is 2.98. The average Bonchev–Trinajstić information content (AvgIpc) is 2.47. The molecule has 0 bridgehead atoms. The van der Waals surface area contributed by atoms with Crippen LogP contribution in [0.25, 0.3) is 0 Å². The highest BCUT2D eigenvalue weighted by Gasteiger charge is 2.43. The Bertz CT molecular complexity index is 455. The van der Waals surface area contributed by atoms with E-state index in [4.69, 9.17) is 4.84 Å². The number of methoxy groups -OCH3 is 1. The lowest BCUT2D eigenvalue weighted by Gasteiger charge is -2.26. The fraction of sp³-hybridized carbons (Fsp3) is 0.600. The molecule has 6 heteroatoms. The molecule has 1 rings (SSSR count). The molecule has 0 aromatic rings. The first-order valence-corrected chi connectivity index (χ1v) is 7.00. The van der Waals surface area contributed by atoms with E-state index in [-0.39, 0.29) is 25.2 Å². The first kappa shape index (κ1) is 17.1. The van der Waals surface area contributed by atoms with Crippen LogP contribution in [0.4, 0.5) is 0 Å². The smallest absolute Gasteiger partial charge is 0.316 e. The summed E-state index contributed by atoms with van der Waals surface area (Å²) in [6.07, 6.45) is 3.08. The molecule has 0 amide bonds. The maximum absolute atomic E-state index is 12.4. The lowest BCUT2D eigenvalue weighted by Crippen LogP contribution is -2.43. The lowest BCUT2D eigenvalue weighted by molar-refractivity contribution is -0.151. The minimum Gasteiger partial charge on any atom is -0.468 e. The summed E-state index contributed by atoms with van der Waals surface area (Å²) in [7, 11) is 1.23. The third kappa shape index (κ3) is 4.24. The second-order valence-corrected chi connectivity index (χ2v) is 4.83. The quantitative estimate of drug-likeness (QED) is 0.235. The van der Waals surface area contributed by atoms with Crippen molar-refractivity contribution in [3.05, 3.63) is 12.7 Å². The Hall–Kier alpha value is -1.98. The molecular formula is C15H21NO5. The van der Waals surface area contributed by atoms with Crippen molar-refractivity contribution in [2.75, 3.05) is 13.7 Å². The summed E-state index contributed by atoms with van der Waals surface area (Å²) in [5, 5.41) is 3.88. The van der Waals surface area contributed by atoms with Gasteiger partial charge in [-0.2, -0.15) is 0 Å². The van der Waals surface area contributed by atoms with E-state index in [9.17, 15) is 14.4 Å². The van der Waals surface area contributed by atoms with Crippen molar-refractivity contribution in [3.8, 4) is 0 Å². The highest BCUT2D eigenvalue weighted by molar-refractivity contribution is 6.25. The van der Waals surface area contributed by atoms with Crippen LogP contribution in [0.1, 0.15) is 32.6 Å². The van der Waals surface area contributed by atoms with Crippen molar-refractivity contribution < 1.29 is 24.0 Å². The zero-order valence-corrected chi connectivity index (χ0v) is 12.5. The standard InChI is InChI=1S/C15H21NO5/c1-4-6-12(17)13-11(16-21-9-5-2)8-7-10(14(13)18)15(19)20-3/h5,10,13H,2,4,6-9H2,1,3H3/b16-11+. The summed E-state index contributed by atoms with van der Waals surface area (Å²) in [6.45, 7) is 5.56.